The number of rotatable bonds is 3. The van der Waals surface area contributed by atoms with Crippen LogP contribution >= 0.6 is 0 Å². The number of hydrogen-bond donors (Lipinski definition) is 0. The molecule has 0 unspecified atom stereocenters. The van der Waals surface area contributed by atoms with E-state index < -0.39 is 5.60 Å². The van der Waals surface area contributed by atoms with Crippen LogP contribution in [0.2, 0.25) is 0 Å². The van der Waals surface area contributed by atoms with Gasteiger partial charge in [-0.15, -0.1) is 6.42 Å². The first-order valence-corrected chi connectivity index (χ1v) is 7.33. The second kappa shape index (κ2) is 6.95. The van der Waals surface area contributed by atoms with E-state index in [2.05, 4.69) is 10.8 Å². The average molecular weight is 294 g/mol. The van der Waals surface area contributed by atoms with Crippen molar-refractivity contribution in [2.75, 3.05) is 19.6 Å². The van der Waals surface area contributed by atoms with E-state index in [1.54, 1.807) is 11.8 Å². The summed E-state index contributed by atoms with van der Waals surface area (Å²) in [7, 11) is 0. The first-order chi connectivity index (χ1) is 9.64. The van der Waals surface area contributed by atoms with Gasteiger partial charge in [0.05, 0.1) is 12.6 Å². The van der Waals surface area contributed by atoms with E-state index in [0.717, 1.165) is 0 Å². The number of Topliss-reactive ketones (excluding diaryl/α,β-unsaturated/α-hetero) is 1. The van der Waals surface area contributed by atoms with Gasteiger partial charge in [-0.05, 0) is 34.6 Å². The second-order valence-electron chi connectivity index (χ2n) is 6.61. The van der Waals surface area contributed by atoms with Gasteiger partial charge in [0, 0.05) is 25.6 Å². The third-order valence-corrected chi connectivity index (χ3v) is 3.41. The van der Waals surface area contributed by atoms with Crippen molar-refractivity contribution >= 4 is 11.9 Å². The van der Waals surface area contributed by atoms with Crippen LogP contribution in [0.3, 0.4) is 0 Å². The van der Waals surface area contributed by atoms with Crippen LogP contribution in [-0.4, -0.2) is 59.0 Å². The predicted molar refractivity (Wildman–Crippen MR) is 81.9 cm³/mol. The van der Waals surface area contributed by atoms with Crippen molar-refractivity contribution in [1.82, 2.24) is 9.80 Å². The average Bonchev–Trinajstić information content (AvgIpc) is 2.34. The SMILES string of the molecule is C#C[C@H]1CN(C(=O)OC(C)(C)C)C[C@@H](C)N1CCC(C)=O. The summed E-state index contributed by atoms with van der Waals surface area (Å²) < 4.78 is 5.40. The number of hydrogen-bond acceptors (Lipinski definition) is 4. The first kappa shape index (κ1) is 17.5. The van der Waals surface area contributed by atoms with Gasteiger partial charge in [0.2, 0.25) is 0 Å². The maximum Gasteiger partial charge on any atom is 0.410 e. The molecule has 0 aliphatic carbocycles. The lowest BCUT2D eigenvalue weighted by Crippen LogP contribution is -2.59. The summed E-state index contributed by atoms with van der Waals surface area (Å²) in [5.74, 6) is 2.87. The summed E-state index contributed by atoms with van der Waals surface area (Å²) in [5, 5.41) is 0. The highest BCUT2D eigenvalue weighted by Gasteiger charge is 2.34. The van der Waals surface area contributed by atoms with E-state index in [4.69, 9.17) is 11.2 Å². The number of ketones is 1. The Labute approximate surface area is 127 Å². The van der Waals surface area contributed by atoms with E-state index in [1.165, 1.54) is 0 Å². The maximum absolute atomic E-state index is 12.2. The normalized spacial score (nSPS) is 23.5. The number of terminal acetylenes is 1. The molecule has 1 aliphatic rings. The van der Waals surface area contributed by atoms with Crippen LogP contribution in [0.15, 0.2) is 0 Å². The summed E-state index contributed by atoms with van der Waals surface area (Å²) >= 11 is 0. The van der Waals surface area contributed by atoms with Crippen LogP contribution in [0.1, 0.15) is 41.0 Å². The Morgan fingerprint density at radius 2 is 1.95 bits per heavy atom. The third-order valence-electron chi connectivity index (χ3n) is 3.41. The van der Waals surface area contributed by atoms with E-state index in [1.807, 2.05) is 27.7 Å². The molecular weight excluding hydrogens is 268 g/mol. The number of carbonyl (C=O) groups excluding carboxylic acids is 2. The highest BCUT2D eigenvalue weighted by atomic mass is 16.6. The van der Waals surface area contributed by atoms with Gasteiger partial charge in [-0.1, -0.05) is 5.92 Å². The zero-order valence-corrected chi connectivity index (χ0v) is 13.7. The van der Waals surface area contributed by atoms with Crippen LogP contribution in [0, 0.1) is 12.3 Å². The molecule has 0 aromatic heterocycles. The van der Waals surface area contributed by atoms with Crippen molar-refractivity contribution in [3.63, 3.8) is 0 Å². The molecule has 5 nitrogen and oxygen atoms in total. The van der Waals surface area contributed by atoms with Crippen molar-refractivity contribution in [2.24, 2.45) is 0 Å². The maximum atomic E-state index is 12.2. The monoisotopic (exact) mass is 294 g/mol. The van der Waals surface area contributed by atoms with Crippen LogP contribution in [-0.2, 0) is 9.53 Å². The molecule has 0 bridgehead atoms. The van der Waals surface area contributed by atoms with Crippen LogP contribution in [0.25, 0.3) is 0 Å². The quantitative estimate of drug-likeness (QED) is 0.746. The van der Waals surface area contributed by atoms with Gasteiger partial charge in [-0.25, -0.2) is 4.79 Å². The minimum Gasteiger partial charge on any atom is -0.444 e. The van der Waals surface area contributed by atoms with Crippen molar-refractivity contribution in [2.45, 2.75) is 58.7 Å². The number of nitrogens with zero attached hydrogens (tertiary/aromatic N) is 2. The highest BCUT2D eigenvalue weighted by molar-refractivity contribution is 5.75. The zero-order valence-electron chi connectivity index (χ0n) is 13.7. The lowest BCUT2D eigenvalue weighted by molar-refractivity contribution is -0.117. The van der Waals surface area contributed by atoms with Crippen LogP contribution in [0.5, 0.6) is 0 Å². The van der Waals surface area contributed by atoms with Gasteiger partial charge in [0.15, 0.2) is 0 Å². The molecule has 1 aliphatic heterocycles. The Hall–Kier alpha value is -1.54. The minimum atomic E-state index is -0.516. The van der Waals surface area contributed by atoms with Gasteiger partial charge in [-0.3, -0.25) is 9.69 Å². The van der Waals surface area contributed by atoms with Gasteiger partial charge >= 0.3 is 6.09 Å². The highest BCUT2D eigenvalue weighted by Crippen LogP contribution is 2.19. The number of ether oxygens (including phenoxy) is 1. The fourth-order valence-corrected chi connectivity index (χ4v) is 2.41. The molecule has 1 rings (SSSR count). The largest absolute Gasteiger partial charge is 0.444 e. The lowest BCUT2D eigenvalue weighted by atomic mass is 10.1. The Morgan fingerprint density at radius 3 is 2.43 bits per heavy atom. The van der Waals surface area contributed by atoms with Crippen LogP contribution < -0.4 is 0 Å². The minimum absolute atomic E-state index is 0.103. The second-order valence-corrected chi connectivity index (χ2v) is 6.61. The molecule has 2 atom stereocenters. The van der Waals surface area contributed by atoms with Crippen LogP contribution in [0.4, 0.5) is 4.79 Å². The standard InChI is InChI=1S/C16H26N2O3/c1-7-14-11-17(15(20)21-16(4,5)6)10-12(2)18(14)9-8-13(3)19/h1,12,14H,8-11H2,2-6H3/t12-,14+/m1/s1. The molecule has 0 aromatic carbocycles. The van der Waals surface area contributed by atoms with E-state index in [0.29, 0.717) is 26.1 Å². The predicted octanol–water partition coefficient (Wildman–Crippen LogP) is 1.91. The molecule has 0 aromatic rings. The third kappa shape index (κ3) is 5.39. The molecule has 1 heterocycles. The van der Waals surface area contributed by atoms with E-state index >= 15 is 0 Å². The molecule has 118 valence electrons. The Morgan fingerprint density at radius 1 is 1.33 bits per heavy atom. The molecule has 1 saturated heterocycles. The summed E-state index contributed by atoms with van der Waals surface area (Å²) in [4.78, 5) is 27.1. The molecule has 1 amide bonds. The summed E-state index contributed by atoms with van der Waals surface area (Å²) in [6.07, 6.45) is 5.75. The van der Waals surface area contributed by atoms with Gasteiger partial charge in [0.25, 0.3) is 0 Å². The van der Waals surface area contributed by atoms with Gasteiger partial charge < -0.3 is 9.64 Å². The number of carbonyl (C=O) groups is 2. The van der Waals surface area contributed by atoms with Gasteiger partial charge in [-0.2, -0.15) is 0 Å². The Kier molecular flexibility index (Phi) is 5.79. The molecule has 1 fully saturated rings. The topological polar surface area (TPSA) is 49.9 Å². The molecule has 0 radical (unpaired) electrons. The van der Waals surface area contributed by atoms with E-state index in [-0.39, 0.29) is 24.0 Å². The van der Waals surface area contributed by atoms with Crippen molar-refractivity contribution in [3.05, 3.63) is 0 Å². The summed E-state index contributed by atoms with van der Waals surface area (Å²) in [6.45, 7) is 10.8. The first-order valence-electron chi connectivity index (χ1n) is 7.33. The number of amides is 1. The fourth-order valence-electron chi connectivity index (χ4n) is 2.41. The van der Waals surface area contributed by atoms with Crippen molar-refractivity contribution in [3.8, 4) is 12.3 Å². The zero-order chi connectivity index (χ0) is 16.2. The molecule has 5 heteroatoms. The summed E-state index contributed by atoms with van der Waals surface area (Å²) in [6, 6.07) is -0.0766. The molecular formula is C16H26N2O3. The Balaban J connectivity index is 2.71. The fraction of sp³-hybridized carbons (Fsp3) is 0.750. The molecule has 0 N–H and O–H groups in total. The number of piperazine rings is 1. The summed E-state index contributed by atoms with van der Waals surface area (Å²) in [5.41, 5.74) is -0.516. The lowest BCUT2D eigenvalue weighted by Gasteiger charge is -2.43. The Bertz CT molecular complexity index is 434. The van der Waals surface area contributed by atoms with Crippen molar-refractivity contribution < 1.29 is 14.3 Å². The smallest absolute Gasteiger partial charge is 0.410 e. The van der Waals surface area contributed by atoms with Crippen molar-refractivity contribution in [1.29, 1.82) is 0 Å². The van der Waals surface area contributed by atoms with E-state index in [9.17, 15) is 9.59 Å². The molecule has 21 heavy (non-hydrogen) atoms. The molecule has 0 spiro atoms. The molecule has 0 saturated carbocycles. The van der Waals surface area contributed by atoms with Gasteiger partial charge in [0.1, 0.15) is 11.4 Å².